The third-order valence-electron chi connectivity index (χ3n) is 6.60. The van der Waals surface area contributed by atoms with E-state index >= 15 is 0 Å². The van der Waals surface area contributed by atoms with E-state index < -0.39 is 11.9 Å². The van der Waals surface area contributed by atoms with E-state index in [1.54, 1.807) is 42.6 Å². The molecule has 33 heavy (non-hydrogen) atoms. The molecule has 8 heteroatoms. The van der Waals surface area contributed by atoms with Crippen molar-refractivity contribution in [2.75, 3.05) is 0 Å². The molecule has 172 valence electrons. The fraction of sp³-hybridized carbons (Fsp3) is 0.320. The maximum atomic E-state index is 13.8. The second-order valence-electron chi connectivity index (χ2n) is 8.57. The van der Waals surface area contributed by atoms with Crippen LogP contribution in [0.15, 0.2) is 54.7 Å². The zero-order valence-corrected chi connectivity index (χ0v) is 19.1. The van der Waals surface area contributed by atoms with Crippen LogP contribution in [0.5, 0.6) is 0 Å². The van der Waals surface area contributed by atoms with Crippen molar-refractivity contribution in [3.8, 4) is 0 Å². The lowest BCUT2D eigenvalue weighted by molar-refractivity contribution is 0.0686. The summed E-state index contributed by atoms with van der Waals surface area (Å²) in [6.07, 6.45) is 5.26. The predicted octanol–water partition coefficient (Wildman–Crippen LogP) is 5.42. The van der Waals surface area contributed by atoms with E-state index in [4.69, 9.17) is 17.3 Å². The third-order valence-corrected chi connectivity index (χ3v) is 6.86. The number of nitrogens with one attached hydrogen (secondary N) is 1. The smallest absolute Gasteiger partial charge is 0.333 e. The van der Waals surface area contributed by atoms with Crippen molar-refractivity contribution in [2.45, 2.75) is 44.6 Å². The van der Waals surface area contributed by atoms with Gasteiger partial charge >= 0.3 is 6.03 Å². The summed E-state index contributed by atoms with van der Waals surface area (Å²) in [5.74, 6) is -0.237. The Bertz CT molecular complexity index is 1160. The molecule has 0 unspecified atom stereocenters. The minimum Gasteiger partial charge on any atom is -0.350 e. The molecule has 1 atom stereocenters. The van der Waals surface area contributed by atoms with E-state index in [9.17, 15) is 14.0 Å². The summed E-state index contributed by atoms with van der Waals surface area (Å²) in [7, 11) is 0. The minimum absolute atomic E-state index is 0.170. The zero-order valence-electron chi connectivity index (χ0n) is 18.3. The molecule has 4 rings (SSSR count). The largest absolute Gasteiger partial charge is 0.350 e. The number of nitrogens with two attached hydrogens (primary N) is 1. The molecule has 0 spiro atoms. The standard InChI is InChI=1S/C25H26ClFN4O2/c1-15(31(25(28)33)30-24(32)18-6-8-19(26)9-7-18)16-2-4-17(5-3-16)21-12-13-29-23-11-10-20(27)14-22(21)23/h6-17H,2-5H2,1H3,(H2,28,33)(H,30,32)/t15-,16?,17?/m1/s1. The number of hydrogen-bond donors (Lipinski definition) is 2. The van der Waals surface area contributed by atoms with Crippen molar-refractivity contribution < 1.29 is 14.0 Å². The Labute approximate surface area is 196 Å². The lowest BCUT2D eigenvalue weighted by Gasteiger charge is -2.37. The number of fused-ring (bicyclic) bond motifs is 1. The predicted molar refractivity (Wildman–Crippen MR) is 126 cm³/mol. The highest BCUT2D eigenvalue weighted by molar-refractivity contribution is 6.30. The summed E-state index contributed by atoms with van der Waals surface area (Å²) in [6, 6.07) is 12.1. The molecule has 1 heterocycles. The molecule has 1 saturated carbocycles. The van der Waals surface area contributed by atoms with Gasteiger partial charge in [0.05, 0.1) is 11.6 Å². The van der Waals surface area contributed by atoms with E-state index in [2.05, 4.69) is 10.4 Å². The van der Waals surface area contributed by atoms with Gasteiger partial charge in [-0.3, -0.25) is 15.2 Å². The van der Waals surface area contributed by atoms with Crippen LogP contribution in [-0.4, -0.2) is 28.0 Å². The van der Waals surface area contributed by atoms with Gasteiger partial charge in [-0.1, -0.05) is 11.6 Å². The molecule has 1 aromatic heterocycles. The van der Waals surface area contributed by atoms with Gasteiger partial charge < -0.3 is 5.73 Å². The molecule has 1 aliphatic carbocycles. The van der Waals surface area contributed by atoms with Gasteiger partial charge in [-0.2, -0.15) is 0 Å². The molecule has 0 radical (unpaired) electrons. The average molecular weight is 469 g/mol. The fourth-order valence-electron chi connectivity index (χ4n) is 4.75. The maximum Gasteiger partial charge on any atom is 0.333 e. The first-order valence-electron chi connectivity index (χ1n) is 11.0. The molecular formula is C25H26ClFN4O2. The summed E-state index contributed by atoms with van der Waals surface area (Å²) in [4.78, 5) is 29.1. The number of urea groups is 1. The van der Waals surface area contributed by atoms with Gasteiger partial charge in [-0.15, -0.1) is 0 Å². The Morgan fingerprint density at radius 2 is 1.82 bits per heavy atom. The number of pyridine rings is 1. The number of aromatic nitrogens is 1. The number of rotatable bonds is 4. The summed E-state index contributed by atoms with van der Waals surface area (Å²) in [5, 5.41) is 2.59. The Balaban J connectivity index is 1.44. The molecule has 1 fully saturated rings. The quantitative estimate of drug-likeness (QED) is 0.501. The van der Waals surface area contributed by atoms with E-state index in [1.807, 2.05) is 13.0 Å². The van der Waals surface area contributed by atoms with E-state index in [-0.39, 0.29) is 23.7 Å². The van der Waals surface area contributed by atoms with Crippen molar-refractivity contribution in [2.24, 2.45) is 11.7 Å². The first kappa shape index (κ1) is 23.0. The molecule has 6 nitrogen and oxygen atoms in total. The van der Waals surface area contributed by atoms with Crippen LogP contribution < -0.4 is 11.2 Å². The number of hydrazine groups is 1. The number of amides is 3. The van der Waals surface area contributed by atoms with Crippen LogP contribution in [0.2, 0.25) is 5.02 Å². The second-order valence-corrected chi connectivity index (χ2v) is 9.01. The highest BCUT2D eigenvalue weighted by atomic mass is 35.5. The van der Waals surface area contributed by atoms with Gasteiger partial charge in [0.2, 0.25) is 0 Å². The van der Waals surface area contributed by atoms with Crippen molar-refractivity contribution in [3.63, 3.8) is 0 Å². The van der Waals surface area contributed by atoms with E-state index in [0.717, 1.165) is 42.1 Å². The van der Waals surface area contributed by atoms with Crippen molar-refractivity contribution >= 4 is 34.4 Å². The summed E-state index contributed by atoms with van der Waals surface area (Å²) >= 11 is 5.88. The molecule has 0 saturated heterocycles. The first-order chi connectivity index (χ1) is 15.8. The van der Waals surface area contributed by atoms with Crippen molar-refractivity contribution in [1.29, 1.82) is 0 Å². The van der Waals surface area contributed by atoms with E-state index in [0.29, 0.717) is 10.6 Å². The van der Waals surface area contributed by atoms with Gasteiger partial charge in [-0.05, 0) is 98.5 Å². The number of nitrogens with zero attached hydrogens (tertiary/aromatic N) is 2. The molecule has 2 aromatic carbocycles. The Hall–Kier alpha value is -3.19. The highest BCUT2D eigenvalue weighted by Gasteiger charge is 2.32. The topological polar surface area (TPSA) is 88.3 Å². The summed E-state index contributed by atoms with van der Waals surface area (Å²) < 4.78 is 13.8. The summed E-state index contributed by atoms with van der Waals surface area (Å²) in [5.41, 5.74) is 10.5. The Morgan fingerprint density at radius 3 is 2.48 bits per heavy atom. The Morgan fingerprint density at radius 1 is 1.12 bits per heavy atom. The van der Waals surface area contributed by atoms with Crippen LogP contribution in [0.3, 0.4) is 0 Å². The van der Waals surface area contributed by atoms with Crippen LogP contribution in [-0.2, 0) is 0 Å². The molecule has 3 N–H and O–H groups in total. The number of primary amides is 1. The molecular weight excluding hydrogens is 443 g/mol. The van der Waals surface area contributed by atoms with Crippen LogP contribution >= 0.6 is 11.6 Å². The number of benzene rings is 2. The number of carbonyl (C=O) groups is 2. The first-order valence-corrected chi connectivity index (χ1v) is 11.4. The molecule has 3 aromatic rings. The van der Waals surface area contributed by atoms with E-state index in [1.165, 1.54) is 11.1 Å². The molecule has 0 aliphatic heterocycles. The monoisotopic (exact) mass is 468 g/mol. The minimum atomic E-state index is -0.706. The summed E-state index contributed by atoms with van der Waals surface area (Å²) in [6.45, 7) is 1.90. The SMILES string of the molecule is C[C@H](C1CCC(c2ccnc3ccc(F)cc23)CC1)N(NC(=O)c1ccc(Cl)cc1)C(N)=O. The third kappa shape index (κ3) is 5.09. The van der Waals surface area contributed by atoms with Crippen LogP contribution in [0.1, 0.15) is 54.4 Å². The van der Waals surface area contributed by atoms with Gasteiger partial charge in [0.1, 0.15) is 5.82 Å². The van der Waals surface area contributed by atoms with Crippen molar-refractivity contribution in [1.82, 2.24) is 15.4 Å². The van der Waals surface area contributed by atoms with Gasteiger partial charge in [0, 0.05) is 22.2 Å². The number of carbonyl (C=O) groups excluding carboxylic acids is 2. The van der Waals surface area contributed by atoms with Crippen molar-refractivity contribution in [3.05, 3.63) is 76.7 Å². The highest BCUT2D eigenvalue weighted by Crippen LogP contribution is 2.40. The lowest BCUT2D eigenvalue weighted by Crippen LogP contribution is -2.55. The zero-order chi connectivity index (χ0) is 23.5. The average Bonchev–Trinajstić information content (AvgIpc) is 2.82. The number of halogens is 2. The normalized spacial score (nSPS) is 19.1. The molecule has 1 aliphatic rings. The molecule has 0 bridgehead atoms. The second kappa shape index (κ2) is 9.75. The van der Waals surface area contributed by atoms with Crippen LogP contribution in [0, 0.1) is 11.7 Å². The number of hydrogen-bond acceptors (Lipinski definition) is 3. The fourth-order valence-corrected chi connectivity index (χ4v) is 4.88. The van der Waals surface area contributed by atoms with Gasteiger partial charge in [-0.25, -0.2) is 14.2 Å². The molecule has 3 amide bonds. The van der Waals surface area contributed by atoms with Gasteiger partial charge in [0.25, 0.3) is 5.91 Å². The lowest BCUT2D eigenvalue weighted by atomic mass is 9.75. The van der Waals surface area contributed by atoms with Crippen LogP contribution in [0.4, 0.5) is 9.18 Å². The Kier molecular flexibility index (Phi) is 6.79. The maximum absolute atomic E-state index is 13.8. The van der Waals surface area contributed by atoms with Crippen LogP contribution in [0.25, 0.3) is 10.9 Å². The van der Waals surface area contributed by atoms with Gasteiger partial charge in [0.15, 0.2) is 0 Å².